The van der Waals surface area contributed by atoms with Gasteiger partial charge in [0.15, 0.2) is 11.6 Å². The number of rotatable bonds is 8. The number of nitrogens with zero attached hydrogens (tertiary/aromatic N) is 8. The second-order valence-corrected chi connectivity index (χ2v) is 16.5. The SMILES string of the molecule is C#Cc1c(F)ccc2cccc(-c3ncc4c(N5CC6CCC(C5)N6)nc(O[C@@H]5CCN(c6cccc(S(=O)(=O)n7cnc(C8CC8)n7)c6)C5)nc4c3F)c12. The molecule has 1 saturated carbocycles. The van der Waals surface area contributed by atoms with E-state index in [1.807, 2.05) is 11.0 Å². The highest BCUT2D eigenvalue weighted by Gasteiger charge is 2.35. The lowest BCUT2D eigenvalue weighted by molar-refractivity contribution is 0.207. The first-order valence-electron chi connectivity index (χ1n) is 18.5. The van der Waals surface area contributed by atoms with Crippen LogP contribution in [0.2, 0.25) is 0 Å². The number of hydrogen-bond acceptors (Lipinski definition) is 11. The summed E-state index contributed by atoms with van der Waals surface area (Å²) in [6, 6.07) is 15.5. The predicted molar refractivity (Wildman–Crippen MR) is 203 cm³/mol. The van der Waals surface area contributed by atoms with Crippen molar-refractivity contribution >= 4 is 43.2 Å². The number of terminal acetylenes is 1. The standard InChI is InChI=1S/C40H35F2N9O3S/c1-2-30-33(41)14-11-23-5-3-8-31(34(23)30)36-35(42)37-32(18-43-36)39(50-19-25-12-13-26(20-50)45-25)47-40(46-37)54-28-15-16-49(21-28)27-6-4-7-29(17-27)55(52,53)51-22-44-38(48-51)24-9-10-24/h1,3-8,11,14,17-18,22,24-26,28,45H,9-10,12-13,15-16,19-21H2/t25?,26?,28-/m1/s1. The molecule has 12 nitrogen and oxygen atoms in total. The Morgan fingerprint density at radius 2 is 1.73 bits per heavy atom. The first kappa shape index (κ1) is 33.8. The Bertz CT molecular complexity index is 2670. The molecule has 3 aromatic carbocycles. The molecule has 15 heteroatoms. The second-order valence-electron chi connectivity index (χ2n) is 14.8. The summed E-state index contributed by atoms with van der Waals surface area (Å²) in [5.41, 5.74) is 1.14. The number of halogens is 2. The van der Waals surface area contributed by atoms with E-state index in [1.165, 1.54) is 12.4 Å². The molecule has 3 aliphatic heterocycles. The van der Waals surface area contributed by atoms with E-state index in [4.69, 9.17) is 16.1 Å². The molecule has 0 radical (unpaired) electrons. The summed E-state index contributed by atoms with van der Waals surface area (Å²) >= 11 is 0. The summed E-state index contributed by atoms with van der Waals surface area (Å²) in [6.45, 7) is 2.38. The Balaban J connectivity index is 0.984. The molecule has 1 N–H and O–H groups in total. The van der Waals surface area contributed by atoms with E-state index < -0.39 is 21.7 Å². The van der Waals surface area contributed by atoms with E-state index in [9.17, 15) is 12.8 Å². The van der Waals surface area contributed by atoms with Crippen LogP contribution in [0.5, 0.6) is 6.01 Å². The monoisotopic (exact) mass is 759 g/mol. The lowest BCUT2D eigenvalue weighted by Gasteiger charge is -2.34. The Kier molecular flexibility index (Phi) is 7.96. The second kappa shape index (κ2) is 13.0. The zero-order valence-corrected chi connectivity index (χ0v) is 30.4. The van der Waals surface area contributed by atoms with Gasteiger partial charge in [0.05, 0.1) is 22.4 Å². The number of nitrogens with one attached hydrogen (secondary N) is 1. The third kappa shape index (κ3) is 5.91. The van der Waals surface area contributed by atoms with Crippen LogP contribution in [0.1, 0.15) is 49.4 Å². The van der Waals surface area contributed by atoms with E-state index in [0.717, 1.165) is 29.8 Å². The molecule has 278 valence electrons. The van der Waals surface area contributed by atoms with Crippen molar-refractivity contribution in [3.8, 4) is 29.6 Å². The number of benzene rings is 3. The topological polar surface area (TPSA) is 131 Å². The Hall–Kier alpha value is -5.72. The number of aromatic nitrogens is 6. The van der Waals surface area contributed by atoms with Crippen molar-refractivity contribution in [1.82, 2.24) is 34.4 Å². The van der Waals surface area contributed by atoms with E-state index in [-0.39, 0.29) is 51.8 Å². The molecule has 2 bridgehead atoms. The number of ether oxygens (including phenoxy) is 1. The molecule has 55 heavy (non-hydrogen) atoms. The van der Waals surface area contributed by atoms with E-state index in [0.29, 0.717) is 71.7 Å². The van der Waals surface area contributed by atoms with E-state index in [2.05, 4.69) is 36.2 Å². The molecule has 6 aromatic rings. The molecule has 6 heterocycles. The highest BCUT2D eigenvalue weighted by atomic mass is 32.2. The first-order chi connectivity index (χ1) is 26.7. The predicted octanol–water partition coefficient (Wildman–Crippen LogP) is 5.41. The van der Waals surface area contributed by atoms with Crippen molar-refractivity contribution < 1.29 is 21.9 Å². The quantitative estimate of drug-likeness (QED) is 0.200. The van der Waals surface area contributed by atoms with Crippen molar-refractivity contribution in [3.05, 3.63) is 90.1 Å². The van der Waals surface area contributed by atoms with Crippen LogP contribution in [0.4, 0.5) is 20.3 Å². The van der Waals surface area contributed by atoms with Gasteiger partial charge in [0.2, 0.25) is 0 Å². The molecule has 1 aliphatic carbocycles. The van der Waals surface area contributed by atoms with Crippen molar-refractivity contribution in [1.29, 1.82) is 0 Å². The minimum atomic E-state index is -3.94. The van der Waals surface area contributed by atoms with E-state index in [1.54, 1.807) is 48.7 Å². The van der Waals surface area contributed by atoms with Gasteiger partial charge in [-0.15, -0.1) is 15.6 Å². The lowest BCUT2D eigenvalue weighted by Crippen LogP contribution is -2.51. The molecule has 0 amide bonds. The highest BCUT2D eigenvalue weighted by Crippen LogP contribution is 2.39. The molecule has 4 aliphatic rings. The Morgan fingerprint density at radius 3 is 2.53 bits per heavy atom. The lowest BCUT2D eigenvalue weighted by atomic mass is 9.96. The van der Waals surface area contributed by atoms with Crippen molar-refractivity contribution in [2.24, 2.45) is 0 Å². The third-order valence-electron chi connectivity index (χ3n) is 11.1. The summed E-state index contributed by atoms with van der Waals surface area (Å²) in [6.07, 6.45) is 12.8. The summed E-state index contributed by atoms with van der Waals surface area (Å²) < 4.78 is 66.2. The molecule has 3 saturated heterocycles. The maximum absolute atomic E-state index is 17.0. The van der Waals surface area contributed by atoms with Crippen LogP contribution in [0, 0.1) is 24.0 Å². The van der Waals surface area contributed by atoms with Gasteiger partial charge < -0.3 is 19.9 Å². The first-order valence-corrected chi connectivity index (χ1v) is 19.9. The van der Waals surface area contributed by atoms with Crippen LogP contribution in [0.25, 0.3) is 32.9 Å². The van der Waals surface area contributed by atoms with Gasteiger partial charge in [-0.05, 0) is 55.3 Å². The van der Waals surface area contributed by atoms with Crippen molar-refractivity contribution in [2.45, 2.75) is 61.1 Å². The number of pyridine rings is 1. The maximum Gasteiger partial charge on any atom is 0.319 e. The smallest absolute Gasteiger partial charge is 0.319 e. The Morgan fingerprint density at radius 1 is 0.909 bits per heavy atom. The van der Waals surface area contributed by atoms with Gasteiger partial charge in [-0.2, -0.15) is 18.4 Å². The normalized spacial score (nSPS) is 21.1. The number of anilines is 2. The van der Waals surface area contributed by atoms with Crippen molar-refractivity contribution in [2.75, 3.05) is 36.0 Å². The van der Waals surface area contributed by atoms with Crippen LogP contribution in [-0.4, -0.2) is 81.9 Å². The summed E-state index contributed by atoms with van der Waals surface area (Å²) in [7, 11) is -3.94. The molecule has 0 spiro atoms. The summed E-state index contributed by atoms with van der Waals surface area (Å²) in [5, 5.41) is 9.38. The fraction of sp³-hybridized carbons (Fsp3) is 0.325. The molecule has 4 fully saturated rings. The van der Waals surface area contributed by atoms with Gasteiger partial charge >= 0.3 is 6.01 Å². The Labute approximate surface area is 315 Å². The summed E-state index contributed by atoms with van der Waals surface area (Å²) in [4.78, 5) is 22.6. The van der Waals surface area contributed by atoms with Gasteiger partial charge in [0, 0.05) is 66.9 Å². The molecule has 2 unspecified atom stereocenters. The molecule has 3 atom stereocenters. The van der Waals surface area contributed by atoms with E-state index >= 15 is 4.39 Å². The largest absolute Gasteiger partial charge is 0.458 e. The van der Waals surface area contributed by atoms with Gasteiger partial charge in [0.1, 0.15) is 35.3 Å². The van der Waals surface area contributed by atoms with Gasteiger partial charge in [-0.1, -0.05) is 36.3 Å². The third-order valence-corrected chi connectivity index (χ3v) is 12.6. The minimum absolute atomic E-state index is 0.00675. The number of piperazine rings is 1. The highest BCUT2D eigenvalue weighted by molar-refractivity contribution is 7.89. The average Bonchev–Trinajstić information content (AvgIpc) is 3.55. The fourth-order valence-corrected chi connectivity index (χ4v) is 9.33. The van der Waals surface area contributed by atoms with Crippen LogP contribution in [0.3, 0.4) is 0 Å². The molecular formula is C40H35F2N9O3S. The van der Waals surface area contributed by atoms with Gasteiger partial charge in [-0.25, -0.2) is 13.8 Å². The fourth-order valence-electron chi connectivity index (χ4n) is 8.23. The van der Waals surface area contributed by atoms with Crippen LogP contribution < -0.4 is 19.9 Å². The molecule has 3 aromatic heterocycles. The minimum Gasteiger partial charge on any atom is -0.458 e. The number of fused-ring (bicyclic) bond motifs is 4. The van der Waals surface area contributed by atoms with Crippen LogP contribution in [0.15, 0.2) is 72.0 Å². The zero-order chi connectivity index (χ0) is 37.4. The van der Waals surface area contributed by atoms with Crippen LogP contribution in [-0.2, 0) is 10.0 Å². The molecular weight excluding hydrogens is 725 g/mol. The molecule has 10 rings (SSSR count). The average molecular weight is 760 g/mol. The van der Waals surface area contributed by atoms with Crippen molar-refractivity contribution in [3.63, 3.8) is 0 Å². The number of hydrogen-bond donors (Lipinski definition) is 1. The van der Waals surface area contributed by atoms with Gasteiger partial charge in [0.25, 0.3) is 10.0 Å². The summed E-state index contributed by atoms with van der Waals surface area (Å²) in [5.74, 6) is 2.49. The zero-order valence-electron chi connectivity index (χ0n) is 29.6. The maximum atomic E-state index is 17.0. The van der Waals surface area contributed by atoms with Crippen LogP contribution >= 0.6 is 0 Å². The van der Waals surface area contributed by atoms with Gasteiger partial charge in [-0.3, -0.25) is 4.98 Å².